The molecule has 0 atom stereocenters. The number of piperidine rings is 1. The molecule has 162 valence electrons. The summed E-state index contributed by atoms with van der Waals surface area (Å²) in [5.74, 6) is -0.737. The lowest BCUT2D eigenvalue weighted by molar-refractivity contribution is -0.461. The molecule has 0 bridgehead atoms. The number of anilines is 1. The molecule has 0 radical (unpaired) electrons. The zero-order valence-electron chi connectivity index (χ0n) is 16.1. The van der Waals surface area contributed by atoms with Crippen LogP contribution in [0.25, 0.3) is 0 Å². The van der Waals surface area contributed by atoms with E-state index in [4.69, 9.17) is 0 Å². The number of benzene rings is 2. The van der Waals surface area contributed by atoms with Crippen LogP contribution in [0.5, 0.6) is 5.75 Å². The third-order valence-electron chi connectivity index (χ3n) is 5.46. The van der Waals surface area contributed by atoms with Crippen molar-refractivity contribution in [2.45, 2.75) is 30.7 Å². The highest BCUT2D eigenvalue weighted by molar-refractivity contribution is 5.89. The number of hydrogen-bond acceptors (Lipinski definition) is 4. The van der Waals surface area contributed by atoms with Crippen molar-refractivity contribution in [1.29, 1.82) is 5.26 Å². The van der Waals surface area contributed by atoms with Gasteiger partial charge in [0.25, 0.3) is 0 Å². The third kappa shape index (κ3) is 4.01. The van der Waals surface area contributed by atoms with Gasteiger partial charge in [-0.1, -0.05) is 30.3 Å². The number of carbonyl (C=O) groups excluding carboxylic acids is 1. The number of urea groups is 1. The van der Waals surface area contributed by atoms with Crippen LogP contribution in [0.15, 0.2) is 48.5 Å². The summed E-state index contributed by atoms with van der Waals surface area (Å²) in [5, 5.41) is 12.2. The largest absolute Gasteiger partial charge is 0.540 e. The van der Waals surface area contributed by atoms with Crippen LogP contribution in [0.2, 0.25) is 0 Å². The minimum Gasteiger partial charge on any atom is -0.409 e. The van der Waals surface area contributed by atoms with Gasteiger partial charge in [0.2, 0.25) is 0 Å². The lowest BCUT2D eigenvalue weighted by Gasteiger charge is -2.37. The molecule has 1 N–H and O–H groups in total. The fourth-order valence-corrected chi connectivity index (χ4v) is 3.79. The first-order chi connectivity index (χ1) is 14.6. The number of ether oxygens (including phenoxy) is 2. The second-order valence-corrected chi connectivity index (χ2v) is 7.37. The molecule has 10 heteroatoms. The molecule has 2 heterocycles. The quantitative estimate of drug-likeness (QED) is 0.689. The number of carbonyl (C=O) groups is 1. The Kier molecular flexibility index (Phi) is 5.01. The van der Waals surface area contributed by atoms with Crippen LogP contribution in [0, 0.1) is 11.3 Å². The summed E-state index contributed by atoms with van der Waals surface area (Å²) < 4.78 is 61.6. The minimum atomic E-state index is -4.46. The van der Waals surface area contributed by atoms with Gasteiger partial charge in [-0.3, -0.25) is 0 Å². The number of halogens is 4. The van der Waals surface area contributed by atoms with E-state index in [9.17, 15) is 27.6 Å². The van der Waals surface area contributed by atoms with Gasteiger partial charge < -0.3 is 15.0 Å². The zero-order chi connectivity index (χ0) is 22.3. The van der Waals surface area contributed by atoms with Crippen LogP contribution in [-0.4, -0.2) is 30.3 Å². The summed E-state index contributed by atoms with van der Waals surface area (Å²) >= 11 is 0. The lowest BCUT2D eigenvalue weighted by Crippen LogP contribution is -2.46. The number of nitriles is 1. The Morgan fingerprint density at radius 2 is 1.74 bits per heavy atom. The number of hydrogen-bond donors (Lipinski definition) is 1. The Morgan fingerprint density at radius 1 is 1.06 bits per heavy atom. The Morgan fingerprint density at radius 3 is 2.39 bits per heavy atom. The molecular weight excluding hydrogens is 418 g/mol. The van der Waals surface area contributed by atoms with E-state index >= 15 is 0 Å². The molecule has 0 saturated carbocycles. The number of nitrogens with one attached hydrogen (secondary N) is 1. The van der Waals surface area contributed by atoms with Crippen LogP contribution in [-0.2, 0) is 16.3 Å². The van der Waals surface area contributed by atoms with Gasteiger partial charge in [0.05, 0.1) is 17.0 Å². The highest BCUT2D eigenvalue weighted by atomic mass is 19.3. The van der Waals surface area contributed by atoms with Crippen LogP contribution in [0.1, 0.15) is 24.0 Å². The van der Waals surface area contributed by atoms with Crippen molar-refractivity contribution in [3.8, 4) is 11.8 Å². The van der Waals surface area contributed by atoms with E-state index in [1.54, 1.807) is 0 Å². The van der Waals surface area contributed by atoms with Gasteiger partial charge in [0.15, 0.2) is 0 Å². The first-order valence-corrected chi connectivity index (χ1v) is 9.46. The maximum absolute atomic E-state index is 13.9. The van der Waals surface area contributed by atoms with E-state index < -0.39 is 35.2 Å². The fraction of sp³-hybridized carbons (Fsp3) is 0.333. The van der Waals surface area contributed by atoms with E-state index in [1.807, 2.05) is 30.3 Å². The number of fused-ring (bicyclic) bond motifs is 1. The molecule has 2 amide bonds. The van der Waals surface area contributed by atoms with Gasteiger partial charge in [0, 0.05) is 18.8 Å². The van der Waals surface area contributed by atoms with Crippen LogP contribution in [0.4, 0.5) is 28.0 Å². The Labute approximate surface area is 175 Å². The molecule has 4 rings (SSSR count). The standard InChI is InChI=1S/C21H17F4N3O3/c22-20(23)16-12-15(6-7-17(16)30-21(24,25)31-20)27-18(29)28-10-8-19(13-26,9-11-28)14-4-2-1-3-5-14/h1-7,12H,8-11H2,(H,27,29). The van der Waals surface area contributed by atoms with Crippen molar-refractivity contribution in [1.82, 2.24) is 4.90 Å². The average molecular weight is 435 g/mol. The van der Waals surface area contributed by atoms with Crippen molar-refractivity contribution in [2.75, 3.05) is 18.4 Å². The maximum atomic E-state index is 13.9. The topological polar surface area (TPSA) is 74.6 Å². The molecule has 0 aromatic heterocycles. The third-order valence-corrected chi connectivity index (χ3v) is 5.46. The number of nitrogens with zero attached hydrogens (tertiary/aromatic N) is 2. The van der Waals surface area contributed by atoms with E-state index in [1.165, 1.54) is 11.0 Å². The summed E-state index contributed by atoms with van der Waals surface area (Å²) in [6.07, 6.45) is -7.91. The van der Waals surface area contributed by atoms with E-state index in [0.717, 1.165) is 17.7 Å². The summed E-state index contributed by atoms with van der Waals surface area (Å²) in [6, 6.07) is 14.0. The van der Waals surface area contributed by atoms with Gasteiger partial charge in [-0.15, -0.1) is 8.78 Å². The minimum absolute atomic E-state index is 0.0268. The molecule has 2 aromatic carbocycles. The number of alkyl halides is 4. The van der Waals surface area contributed by atoms with Gasteiger partial charge in [0.1, 0.15) is 5.75 Å². The summed E-state index contributed by atoms with van der Waals surface area (Å²) in [6.45, 7) is 0.571. The molecule has 0 spiro atoms. The zero-order valence-corrected chi connectivity index (χ0v) is 16.1. The van der Waals surface area contributed by atoms with E-state index in [0.29, 0.717) is 12.8 Å². The van der Waals surface area contributed by atoms with Crippen LogP contribution < -0.4 is 10.1 Å². The second-order valence-electron chi connectivity index (χ2n) is 7.37. The number of likely N-dealkylation sites (tertiary alicyclic amines) is 1. The van der Waals surface area contributed by atoms with E-state index in [2.05, 4.69) is 20.9 Å². The smallest absolute Gasteiger partial charge is 0.409 e. The summed E-state index contributed by atoms with van der Waals surface area (Å²) in [5.41, 5.74) is -0.763. The highest BCUT2D eigenvalue weighted by Crippen LogP contribution is 2.47. The van der Waals surface area contributed by atoms with E-state index in [-0.39, 0.29) is 18.8 Å². The van der Waals surface area contributed by atoms with Gasteiger partial charge in [-0.25, -0.2) is 9.53 Å². The molecule has 2 aromatic rings. The number of rotatable bonds is 2. The second kappa shape index (κ2) is 7.42. The predicted octanol–water partition coefficient (Wildman–Crippen LogP) is 4.78. The molecule has 0 aliphatic carbocycles. The van der Waals surface area contributed by atoms with Crippen LogP contribution in [0.3, 0.4) is 0 Å². The average Bonchev–Trinajstić information content (AvgIpc) is 2.73. The van der Waals surface area contributed by atoms with Crippen molar-refractivity contribution >= 4 is 11.7 Å². The maximum Gasteiger partial charge on any atom is 0.540 e. The van der Waals surface area contributed by atoms with Gasteiger partial charge >= 0.3 is 18.4 Å². The summed E-state index contributed by atoms with van der Waals surface area (Å²) in [7, 11) is 0. The Balaban J connectivity index is 1.45. The first kappa shape index (κ1) is 20.9. The SMILES string of the molecule is N#CC1(c2ccccc2)CCN(C(=O)Nc2ccc3c(c2)C(F)(F)OC(F)(F)O3)CC1. The predicted molar refractivity (Wildman–Crippen MR) is 101 cm³/mol. The Hall–Kier alpha value is -3.32. The van der Waals surface area contributed by atoms with Gasteiger partial charge in [-0.05, 0) is 36.6 Å². The number of amides is 2. The molecule has 2 aliphatic heterocycles. The molecule has 2 aliphatic rings. The molecule has 6 nitrogen and oxygen atoms in total. The van der Waals surface area contributed by atoms with Gasteiger partial charge in [-0.2, -0.15) is 14.0 Å². The van der Waals surface area contributed by atoms with Crippen molar-refractivity contribution in [2.24, 2.45) is 0 Å². The molecule has 31 heavy (non-hydrogen) atoms. The lowest BCUT2D eigenvalue weighted by atomic mass is 9.74. The van der Waals surface area contributed by atoms with Crippen molar-refractivity contribution in [3.05, 3.63) is 59.7 Å². The fourth-order valence-electron chi connectivity index (χ4n) is 3.79. The molecule has 0 unspecified atom stereocenters. The van der Waals surface area contributed by atoms with Crippen molar-refractivity contribution < 1.29 is 31.8 Å². The Bertz CT molecular complexity index is 1030. The first-order valence-electron chi connectivity index (χ1n) is 9.46. The van der Waals surface area contributed by atoms with Crippen LogP contribution >= 0.6 is 0 Å². The highest BCUT2D eigenvalue weighted by Gasteiger charge is 2.54. The normalized spacial score (nSPS) is 20.7. The molecule has 1 fully saturated rings. The monoisotopic (exact) mass is 435 g/mol. The van der Waals surface area contributed by atoms with Crippen molar-refractivity contribution in [3.63, 3.8) is 0 Å². The summed E-state index contributed by atoms with van der Waals surface area (Å²) in [4.78, 5) is 14.1. The molecular formula is C21H17F4N3O3. The molecule has 1 saturated heterocycles.